The van der Waals surface area contributed by atoms with Crippen LogP contribution in [-0.2, 0) is 26.1 Å². The van der Waals surface area contributed by atoms with Crippen molar-refractivity contribution in [2.75, 3.05) is 46.2 Å². The van der Waals surface area contributed by atoms with E-state index in [0.29, 0.717) is 63.4 Å². The minimum absolute atomic E-state index is 0.119. The van der Waals surface area contributed by atoms with E-state index >= 15 is 0 Å². The van der Waals surface area contributed by atoms with Crippen molar-refractivity contribution in [3.63, 3.8) is 0 Å². The van der Waals surface area contributed by atoms with Crippen LogP contribution in [0.2, 0.25) is 0 Å². The van der Waals surface area contributed by atoms with Gasteiger partial charge in [0.15, 0.2) is 0 Å². The Labute approximate surface area is 241 Å². The van der Waals surface area contributed by atoms with Crippen molar-refractivity contribution in [1.82, 2.24) is 19.8 Å². The van der Waals surface area contributed by atoms with Gasteiger partial charge in [-0.3, -0.25) is 14.5 Å². The molecule has 2 fully saturated rings. The van der Waals surface area contributed by atoms with Gasteiger partial charge in [-0.1, -0.05) is 24.3 Å². The van der Waals surface area contributed by atoms with Crippen LogP contribution in [0.3, 0.4) is 0 Å². The van der Waals surface area contributed by atoms with Crippen molar-refractivity contribution in [2.45, 2.75) is 50.1 Å². The Kier molecular flexibility index (Phi) is 9.12. The molecule has 2 amide bonds. The summed E-state index contributed by atoms with van der Waals surface area (Å²) >= 11 is 0. The number of nitrogens with zero attached hydrogens (tertiary/aromatic N) is 2. The van der Waals surface area contributed by atoms with Crippen LogP contribution in [0.25, 0.3) is 0 Å². The van der Waals surface area contributed by atoms with E-state index in [-0.39, 0.29) is 24.5 Å². The maximum atomic E-state index is 13.9. The number of ether oxygens (including phenoxy) is 3. The molecule has 0 radical (unpaired) electrons. The molecule has 222 valence electrons. The van der Waals surface area contributed by atoms with E-state index in [4.69, 9.17) is 14.2 Å². The van der Waals surface area contributed by atoms with Crippen LogP contribution in [0.1, 0.15) is 35.2 Å². The zero-order valence-corrected chi connectivity index (χ0v) is 24.3. The Morgan fingerprint density at radius 1 is 1.07 bits per heavy atom. The van der Waals surface area contributed by atoms with Gasteiger partial charge in [0.2, 0.25) is 15.9 Å². The van der Waals surface area contributed by atoms with E-state index in [1.807, 2.05) is 30.3 Å². The molecule has 0 spiro atoms. The van der Waals surface area contributed by atoms with E-state index < -0.39 is 28.2 Å². The normalized spacial score (nSPS) is 26.1. The van der Waals surface area contributed by atoms with Gasteiger partial charge < -0.3 is 24.4 Å². The Morgan fingerprint density at radius 2 is 1.90 bits per heavy atom. The third-order valence-corrected chi connectivity index (χ3v) is 8.57. The minimum Gasteiger partial charge on any atom is -0.497 e. The quantitative estimate of drug-likeness (QED) is 0.539. The number of benzene rings is 2. The number of sulfonamides is 1. The van der Waals surface area contributed by atoms with Gasteiger partial charge in [0.1, 0.15) is 17.5 Å². The first-order valence-corrected chi connectivity index (χ1v) is 15.9. The number of fused-ring (bicyclic) bond motifs is 4. The van der Waals surface area contributed by atoms with E-state index in [0.717, 1.165) is 17.6 Å². The third kappa shape index (κ3) is 7.37. The summed E-state index contributed by atoms with van der Waals surface area (Å²) in [5.74, 6) is 0.656. The molecule has 3 aliphatic heterocycles. The van der Waals surface area contributed by atoms with Crippen molar-refractivity contribution in [2.24, 2.45) is 0 Å². The number of nitrogens with one attached hydrogen (secondary N) is 2. The van der Waals surface area contributed by atoms with Gasteiger partial charge in [-0.2, -0.15) is 0 Å². The summed E-state index contributed by atoms with van der Waals surface area (Å²) in [6, 6.07) is 13.7. The summed E-state index contributed by atoms with van der Waals surface area (Å²) in [5.41, 5.74) is 1.46. The second kappa shape index (κ2) is 12.8. The van der Waals surface area contributed by atoms with Crippen LogP contribution in [0.4, 0.5) is 0 Å². The van der Waals surface area contributed by atoms with Crippen LogP contribution in [-0.4, -0.2) is 100 Å². The van der Waals surface area contributed by atoms with E-state index in [2.05, 4.69) is 14.9 Å². The molecule has 3 aliphatic rings. The summed E-state index contributed by atoms with van der Waals surface area (Å²) in [4.78, 5) is 31.4. The van der Waals surface area contributed by atoms with Gasteiger partial charge in [-0.15, -0.1) is 0 Å². The largest absolute Gasteiger partial charge is 0.497 e. The molecule has 2 saturated heterocycles. The molecular formula is C29H38N4O7S. The molecule has 11 nitrogen and oxygen atoms in total. The predicted molar refractivity (Wildman–Crippen MR) is 152 cm³/mol. The van der Waals surface area contributed by atoms with Gasteiger partial charge in [0.25, 0.3) is 5.91 Å². The summed E-state index contributed by atoms with van der Waals surface area (Å²) in [5, 5.41) is 2.98. The molecule has 0 aromatic heterocycles. The van der Waals surface area contributed by atoms with Crippen LogP contribution in [0.5, 0.6) is 11.5 Å². The fourth-order valence-corrected chi connectivity index (χ4v) is 6.62. The highest BCUT2D eigenvalue weighted by atomic mass is 32.2. The number of hydrogen-bond acceptors (Lipinski definition) is 8. The number of carbonyl (C=O) groups is 2. The van der Waals surface area contributed by atoms with Gasteiger partial charge in [0, 0.05) is 45.2 Å². The van der Waals surface area contributed by atoms with Crippen molar-refractivity contribution < 1.29 is 32.2 Å². The first-order valence-electron chi connectivity index (χ1n) is 14.0. The van der Waals surface area contributed by atoms with Gasteiger partial charge in [0.05, 0.1) is 37.7 Å². The van der Waals surface area contributed by atoms with E-state index in [1.165, 1.54) is 0 Å². The summed E-state index contributed by atoms with van der Waals surface area (Å²) < 4.78 is 44.4. The number of rotatable bonds is 5. The summed E-state index contributed by atoms with van der Waals surface area (Å²) in [6.07, 6.45) is 2.21. The molecule has 0 saturated carbocycles. The second-order valence-corrected chi connectivity index (χ2v) is 12.6. The van der Waals surface area contributed by atoms with Crippen molar-refractivity contribution in [1.29, 1.82) is 0 Å². The molecule has 41 heavy (non-hydrogen) atoms. The first-order chi connectivity index (χ1) is 19.7. The Morgan fingerprint density at radius 3 is 2.71 bits per heavy atom. The van der Waals surface area contributed by atoms with Crippen LogP contribution >= 0.6 is 0 Å². The van der Waals surface area contributed by atoms with Crippen LogP contribution in [0, 0.1) is 0 Å². The highest BCUT2D eigenvalue weighted by molar-refractivity contribution is 7.88. The van der Waals surface area contributed by atoms with Crippen molar-refractivity contribution in [3.05, 3.63) is 59.7 Å². The third-order valence-electron chi connectivity index (χ3n) is 7.84. The molecular weight excluding hydrogens is 548 g/mol. The lowest BCUT2D eigenvalue weighted by Gasteiger charge is -2.41. The lowest BCUT2D eigenvalue weighted by molar-refractivity contribution is -0.130. The second-order valence-electron chi connectivity index (χ2n) is 10.8. The molecule has 3 heterocycles. The highest BCUT2D eigenvalue weighted by Gasteiger charge is 2.39. The fourth-order valence-electron chi connectivity index (χ4n) is 5.80. The topological polar surface area (TPSA) is 127 Å². The number of hydrogen-bond donors (Lipinski definition) is 2. The smallest absolute Gasteiger partial charge is 0.258 e. The molecule has 4 atom stereocenters. The monoisotopic (exact) mass is 586 g/mol. The molecule has 2 aromatic carbocycles. The number of carbonyl (C=O) groups excluding carboxylic acids is 2. The zero-order chi connectivity index (χ0) is 29.0. The molecule has 2 aromatic rings. The van der Waals surface area contributed by atoms with Crippen molar-refractivity contribution in [3.8, 4) is 11.5 Å². The summed E-state index contributed by atoms with van der Waals surface area (Å²) in [7, 11) is -1.85. The number of amides is 2. The van der Waals surface area contributed by atoms with Gasteiger partial charge in [-0.05, 0) is 42.7 Å². The maximum Gasteiger partial charge on any atom is 0.258 e. The summed E-state index contributed by atoms with van der Waals surface area (Å²) in [6.45, 7) is 2.33. The van der Waals surface area contributed by atoms with Gasteiger partial charge in [-0.25, -0.2) is 13.1 Å². The van der Waals surface area contributed by atoms with Crippen LogP contribution < -0.4 is 19.5 Å². The molecule has 0 unspecified atom stereocenters. The molecule has 2 N–H and O–H groups in total. The molecule has 5 rings (SSSR count). The lowest BCUT2D eigenvalue weighted by Crippen LogP contribution is -2.61. The first kappa shape index (κ1) is 29.3. The minimum atomic E-state index is -3.47. The molecule has 12 heteroatoms. The Bertz CT molecular complexity index is 1350. The Balaban J connectivity index is 1.41. The lowest BCUT2D eigenvalue weighted by atomic mass is 9.97. The average molecular weight is 587 g/mol. The number of methoxy groups -OCH3 is 1. The highest BCUT2D eigenvalue weighted by Crippen LogP contribution is 2.27. The predicted octanol–water partition coefficient (Wildman–Crippen LogP) is 1.39. The number of para-hydroxylation sites is 1. The average Bonchev–Trinajstić information content (AvgIpc) is 2.96. The number of piperazine rings is 1. The van der Waals surface area contributed by atoms with E-state index in [9.17, 15) is 18.0 Å². The molecule has 0 aliphatic carbocycles. The van der Waals surface area contributed by atoms with Crippen molar-refractivity contribution >= 4 is 21.8 Å². The Hall–Kier alpha value is -3.19. The zero-order valence-electron chi connectivity index (χ0n) is 23.5. The van der Waals surface area contributed by atoms with Crippen LogP contribution in [0.15, 0.2) is 48.5 Å². The molecule has 2 bridgehead atoms. The van der Waals surface area contributed by atoms with Gasteiger partial charge >= 0.3 is 0 Å². The van der Waals surface area contributed by atoms with E-state index in [1.54, 1.807) is 30.2 Å². The fraction of sp³-hybridized carbons (Fsp3) is 0.517. The standard InChI is InChI=1S/C29H38N4O7S/c1-38-22-7-5-6-20(16-22)18-32-13-14-33-25(19-32)28(34)30-17-27-24(31-41(2,36)37)11-10-21(40-27)12-15-39-26-9-4-3-8-23(26)29(33)35/h3-9,16,21,24-25,27,31H,10-15,17-19H2,1-2H3,(H,30,34)/t21-,24+,25-,27+/m0/s1. The maximum absolute atomic E-state index is 13.9. The SMILES string of the molecule is COc1cccc(CN2CCN3C(=O)c4ccccc4OCC[C@@H]4CC[C@@H](NS(C)(=O)=O)[C@@H](CNC(=O)[C@@H]3C2)O4)c1.